The number of pyridine rings is 1. The van der Waals surface area contributed by atoms with E-state index < -0.39 is 0 Å². The second-order valence-electron chi connectivity index (χ2n) is 5.21. The van der Waals surface area contributed by atoms with Crippen LogP contribution in [0.25, 0.3) is 0 Å². The minimum absolute atomic E-state index is 0.207. The Hall–Kier alpha value is -1.94. The molecule has 1 aromatic heterocycles. The minimum atomic E-state index is -0.207. The van der Waals surface area contributed by atoms with Crippen molar-refractivity contribution in [3.8, 4) is 0 Å². The summed E-state index contributed by atoms with van der Waals surface area (Å²) in [6.07, 6.45) is 1.91. The van der Waals surface area contributed by atoms with Gasteiger partial charge in [-0.2, -0.15) is 0 Å². The van der Waals surface area contributed by atoms with E-state index in [1.165, 1.54) is 17.7 Å². The fourth-order valence-electron chi connectivity index (χ4n) is 2.25. The molecule has 112 valence electrons. The molecule has 0 radical (unpaired) electrons. The van der Waals surface area contributed by atoms with E-state index in [4.69, 9.17) is 0 Å². The molecule has 0 aliphatic rings. The maximum atomic E-state index is 12.9. The van der Waals surface area contributed by atoms with Gasteiger partial charge in [-0.05, 0) is 42.8 Å². The number of hydrogen-bond donors (Lipinski definition) is 1. The number of nitrogens with zero attached hydrogens (tertiary/aromatic N) is 2. The molecular formula is C17H22FN3. The number of hydrogen-bond acceptors (Lipinski definition) is 3. The van der Waals surface area contributed by atoms with E-state index >= 15 is 0 Å². The summed E-state index contributed by atoms with van der Waals surface area (Å²) < 4.78 is 12.9. The highest BCUT2D eigenvalue weighted by molar-refractivity contribution is 5.40. The van der Waals surface area contributed by atoms with Gasteiger partial charge in [-0.3, -0.25) is 0 Å². The second-order valence-corrected chi connectivity index (χ2v) is 5.21. The third-order valence-electron chi connectivity index (χ3n) is 3.51. The monoisotopic (exact) mass is 287 g/mol. The Morgan fingerprint density at radius 2 is 1.90 bits per heavy atom. The number of benzene rings is 1. The van der Waals surface area contributed by atoms with Crippen LogP contribution in [0.4, 0.5) is 10.2 Å². The largest absolute Gasteiger partial charge is 0.355 e. The molecule has 2 aromatic rings. The van der Waals surface area contributed by atoms with Gasteiger partial charge in [-0.1, -0.05) is 25.1 Å². The van der Waals surface area contributed by atoms with Crippen molar-refractivity contribution in [2.24, 2.45) is 0 Å². The first-order chi connectivity index (χ1) is 10.1. The van der Waals surface area contributed by atoms with Gasteiger partial charge in [-0.25, -0.2) is 9.37 Å². The molecule has 2 rings (SSSR count). The summed E-state index contributed by atoms with van der Waals surface area (Å²) in [5.41, 5.74) is 2.24. The van der Waals surface area contributed by atoms with E-state index in [0.29, 0.717) is 12.6 Å². The fraction of sp³-hybridized carbons (Fsp3) is 0.353. The Balaban J connectivity index is 2.02. The van der Waals surface area contributed by atoms with Crippen molar-refractivity contribution < 1.29 is 4.39 Å². The molecule has 0 saturated carbocycles. The van der Waals surface area contributed by atoms with Crippen LogP contribution in [-0.4, -0.2) is 18.6 Å². The first-order valence-corrected chi connectivity index (χ1v) is 7.25. The minimum Gasteiger partial charge on any atom is -0.355 e. The molecule has 3 nitrogen and oxygen atoms in total. The molecule has 1 unspecified atom stereocenters. The second kappa shape index (κ2) is 7.18. The molecule has 1 aromatic carbocycles. The van der Waals surface area contributed by atoms with Crippen molar-refractivity contribution >= 4 is 5.82 Å². The van der Waals surface area contributed by atoms with Gasteiger partial charge in [0.15, 0.2) is 0 Å². The Kier molecular flexibility index (Phi) is 5.28. The van der Waals surface area contributed by atoms with Crippen LogP contribution in [0.3, 0.4) is 0 Å². The van der Waals surface area contributed by atoms with Crippen molar-refractivity contribution in [3.63, 3.8) is 0 Å². The molecule has 1 N–H and O–H groups in total. The summed E-state index contributed by atoms with van der Waals surface area (Å²) in [7, 11) is 1.99. The SMILES string of the molecule is CCNC(C)c1ccc(N(C)Cc2ccc(F)cc2)nc1. The van der Waals surface area contributed by atoms with Gasteiger partial charge in [-0.15, -0.1) is 0 Å². The maximum Gasteiger partial charge on any atom is 0.128 e. The Morgan fingerprint density at radius 3 is 2.48 bits per heavy atom. The summed E-state index contributed by atoms with van der Waals surface area (Å²) in [5, 5.41) is 3.37. The van der Waals surface area contributed by atoms with Gasteiger partial charge in [0.2, 0.25) is 0 Å². The van der Waals surface area contributed by atoms with Gasteiger partial charge in [0.1, 0.15) is 11.6 Å². The number of aromatic nitrogens is 1. The van der Waals surface area contributed by atoms with E-state index in [2.05, 4.69) is 35.1 Å². The van der Waals surface area contributed by atoms with Crippen LogP contribution in [0.5, 0.6) is 0 Å². The first-order valence-electron chi connectivity index (χ1n) is 7.25. The van der Waals surface area contributed by atoms with Crippen LogP contribution in [-0.2, 0) is 6.54 Å². The summed E-state index contributed by atoms with van der Waals surface area (Å²) in [5.74, 6) is 0.702. The van der Waals surface area contributed by atoms with Crippen molar-refractivity contribution in [1.29, 1.82) is 0 Å². The van der Waals surface area contributed by atoms with Gasteiger partial charge in [0, 0.05) is 25.8 Å². The predicted molar refractivity (Wildman–Crippen MR) is 84.8 cm³/mol. The smallest absolute Gasteiger partial charge is 0.128 e. The third-order valence-corrected chi connectivity index (χ3v) is 3.51. The molecular weight excluding hydrogens is 265 g/mol. The lowest BCUT2D eigenvalue weighted by molar-refractivity contribution is 0.596. The van der Waals surface area contributed by atoms with Gasteiger partial charge in [0.25, 0.3) is 0 Å². The average Bonchev–Trinajstić information content (AvgIpc) is 2.50. The lowest BCUT2D eigenvalue weighted by atomic mass is 10.1. The van der Waals surface area contributed by atoms with Crippen molar-refractivity contribution in [3.05, 3.63) is 59.5 Å². The molecule has 0 spiro atoms. The van der Waals surface area contributed by atoms with E-state index in [1.54, 1.807) is 12.1 Å². The van der Waals surface area contributed by atoms with Crippen molar-refractivity contribution in [2.45, 2.75) is 26.4 Å². The van der Waals surface area contributed by atoms with Crippen LogP contribution in [0.15, 0.2) is 42.6 Å². The van der Waals surface area contributed by atoms with Gasteiger partial charge in [0.05, 0.1) is 0 Å². The predicted octanol–water partition coefficient (Wildman–Crippen LogP) is 3.53. The average molecular weight is 287 g/mol. The molecule has 0 fully saturated rings. The molecule has 0 aliphatic heterocycles. The van der Waals surface area contributed by atoms with E-state index in [0.717, 1.165) is 17.9 Å². The normalized spacial score (nSPS) is 12.2. The fourth-order valence-corrected chi connectivity index (χ4v) is 2.25. The van der Waals surface area contributed by atoms with Crippen LogP contribution in [0.2, 0.25) is 0 Å². The lowest BCUT2D eigenvalue weighted by Crippen LogP contribution is -2.20. The summed E-state index contributed by atoms with van der Waals surface area (Å²) in [6.45, 7) is 5.86. The standard InChI is InChI=1S/C17H22FN3/c1-4-19-13(2)15-7-10-17(20-11-15)21(3)12-14-5-8-16(18)9-6-14/h5-11,13,19H,4,12H2,1-3H3. The molecule has 0 saturated heterocycles. The van der Waals surface area contributed by atoms with Gasteiger partial charge >= 0.3 is 0 Å². The molecule has 1 atom stereocenters. The molecule has 0 bridgehead atoms. The van der Waals surface area contributed by atoms with E-state index in [1.807, 2.05) is 19.3 Å². The maximum absolute atomic E-state index is 12.9. The third kappa shape index (κ3) is 4.26. The summed E-state index contributed by atoms with van der Waals surface area (Å²) in [4.78, 5) is 6.56. The van der Waals surface area contributed by atoms with E-state index in [9.17, 15) is 4.39 Å². The number of nitrogens with one attached hydrogen (secondary N) is 1. The molecule has 1 heterocycles. The number of halogens is 1. The first kappa shape index (κ1) is 15.4. The van der Waals surface area contributed by atoms with Crippen LogP contribution >= 0.6 is 0 Å². The molecule has 0 amide bonds. The lowest BCUT2D eigenvalue weighted by Gasteiger charge is -2.19. The summed E-state index contributed by atoms with van der Waals surface area (Å²) >= 11 is 0. The molecule has 0 aliphatic carbocycles. The zero-order chi connectivity index (χ0) is 15.2. The highest BCUT2D eigenvalue weighted by Crippen LogP contribution is 2.17. The summed E-state index contributed by atoms with van der Waals surface area (Å²) in [6, 6.07) is 11.0. The molecule has 21 heavy (non-hydrogen) atoms. The number of anilines is 1. The Labute approximate surface area is 125 Å². The molecule has 4 heteroatoms. The van der Waals surface area contributed by atoms with Crippen LogP contribution in [0, 0.1) is 5.82 Å². The Morgan fingerprint density at radius 1 is 1.19 bits per heavy atom. The van der Waals surface area contributed by atoms with Gasteiger partial charge < -0.3 is 10.2 Å². The van der Waals surface area contributed by atoms with Crippen LogP contribution < -0.4 is 10.2 Å². The zero-order valence-corrected chi connectivity index (χ0v) is 12.8. The highest BCUT2D eigenvalue weighted by Gasteiger charge is 2.07. The number of rotatable bonds is 6. The van der Waals surface area contributed by atoms with Crippen LogP contribution in [0.1, 0.15) is 31.0 Å². The quantitative estimate of drug-likeness (QED) is 0.881. The topological polar surface area (TPSA) is 28.2 Å². The van der Waals surface area contributed by atoms with E-state index in [-0.39, 0.29) is 5.82 Å². The van der Waals surface area contributed by atoms with Crippen molar-refractivity contribution in [1.82, 2.24) is 10.3 Å². The Bertz CT molecular complexity index is 551. The highest BCUT2D eigenvalue weighted by atomic mass is 19.1. The zero-order valence-electron chi connectivity index (χ0n) is 12.8. The van der Waals surface area contributed by atoms with Crippen molar-refractivity contribution in [2.75, 3.05) is 18.5 Å².